The Balaban J connectivity index is 1.48. The zero-order valence-corrected chi connectivity index (χ0v) is 18.9. The topological polar surface area (TPSA) is 122 Å². The van der Waals surface area contributed by atoms with Gasteiger partial charge in [-0.05, 0) is 49.4 Å². The predicted molar refractivity (Wildman–Crippen MR) is 120 cm³/mol. The van der Waals surface area contributed by atoms with E-state index in [-0.39, 0.29) is 34.4 Å². The van der Waals surface area contributed by atoms with Gasteiger partial charge in [-0.2, -0.15) is 0 Å². The second-order valence-corrected chi connectivity index (χ2v) is 8.08. The molecular weight excluding hydrogens is 473 g/mol. The molecule has 0 bridgehead atoms. The van der Waals surface area contributed by atoms with Crippen LogP contribution in [0.3, 0.4) is 0 Å². The molecule has 0 radical (unpaired) electrons. The maximum atomic E-state index is 12.3. The molecule has 1 fully saturated rings. The molecule has 2 aromatic carbocycles. The molecule has 33 heavy (non-hydrogen) atoms. The van der Waals surface area contributed by atoms with Gasteiger partial charge in [-0.1, -0.05) is 23.2 Å². The monoisotopic (exact) mass is 491 g/mol. The van der Waals surface area contributed by atoms with Crippen LogP contribution in [0.2, 0.25) is 10.0 Å². The summed E-state index contributed by atoms with van der Waals surface area (Å²) in [5, 5.41) is 4.03. The van der Waals surface area contributed by atoms with Crippen LogP contribution >= 0.6 is 23.2 Å². The van der Waals surface area contributed by atoms with E-state index < -0.39 is 36.2 Å². The summed E-state index contributed by atoms with van der Waals surface area (Å²) >= 11 is 11.7. The van der Waals surface area contributed by atoms with Gasteiger partial charge in [-0.15, -0.1) is 0 Å². The molecular formula is C22H19Cl2N3O6. The van der Waals surface area contributed by atoms with Crippen molar-refractivity contribution in [2.24, 2.45) is 5.92 Å². The van der Waals surface area contributed by atoms with Gasteiger partial charge < -0.3 is 10.1 Å². The number of amides is 3. The van der Waals surface area contributed by atoms with Crippen molar-refractivity contribution < 1.29 is 28.7 Å². The summed E-state index contributed by atoms with van der Waals surface area (Å²) in [5.74, 6) is -3.32. The van der Waals surface area contributed by atoms with E-state index in [2.05, 4.69) is 10.7 Å². The van der Waals surface area contributed by atoms with Gasteiger partial charge >= 0.3 is 5.97 Å². The highest BCUT2D eigenvalue weighted by molar-refractivity contribution is 6.42. The number of nitrogens with one attached hydrogen (secondary N) is 2. The summed E-state index contributed by atoms with van der Waals surface area (Å²) in [6.07, 6.45) is -0.172. The van der Waals surface area contributed by atoms with E-state index in [0.29, 0.717) is 11.3 Å². The summed E-state index contributed by atoms with van der Waals surface area (Å²) < 4.78 is 5.01. The Morgan fingerprint density at radius 1 is 1.03 bits per heavy atom. The number of Topliss-reactive ketones (excluding diaryl/α,β-unsaturated/α-hetero) is 1. The first-order valence-corrected chi connectivity index (χ1v) is 10.5. The summed E-state index contributed by atoms with van der Waals surface area (Å²) in [4.78, 5) is 60.1. The van der Waals surface area contributed by atoms with Crippen molar-refractivity contribution in [3.05, 3.63) is 63.6 Å². The van der Waals surface area contributed by atoms with Crippen molar-refractivity contribution in [1.29, 1.82) is 0 Å². The molecule has 3 amide bonds. The Hall–Kier alpha value is -3.43. The molecule has 0 saturated carbocycles. The lowest BCUT2D eigenvalue weighted by Crippen LogP contribution is -2.43. The van der Waals surface area contributed by atoms with Gasteiger partial charge in [0.2, 0.25) is 5.91 Å². The number of hydrazine groups is 1. The molecule has 172 valence electrons. The number of benzene rings is 2. The van der Waals surface area contributed by atoms with Gasteiger partial charge in [0.25, 0.3) is 11.8 Å². The van der Waals surface area contributed by atoms with E-state index in [0.717, 1.165) is 5.01 Å². The molecule has 1 aliphatic rings. The maximum absolute atomic E-state index is 12.3. The van der Waals surface area contributed by atoms with Crippen molar-refractivity contribution in [2.45, 2.75) is 13.3 Å². The first kappa shape index (κ1) is 24.2. The smallest absolute Gasteiger partial charge is 0.311 e. The first-order chi connectivity index (χ1) is 15.6. The highest BCUT2D eigenvalue weighted by atomic mass is 35.5. The predicted octanol–water partition coefficient (Wildman–Crippen LogP) is 2.87. The van der Waals surface area contributed by atoms with Crippen LogP contribution in [0.1, 0.15) is 34.1 Å². The van der Waals surface area contributed by atoms with Crippen LogP contribution in [0, 0.1) is 5.92 Å². The summed E-state index contributed by atoms with van der Waals surface area (Å²) in [5.41, 5.74) is 3.55. The Kier molecular flexibility index (Phi) is 7.67. The van der Waals surface area contributed by atoms with E-state index in [1.165, 1.54) is 25.1 Å². The van der Waals surface area contributed by atoms with Gasteiger partial charge in [-0.25, -0.2) is 0 Å². The van der Waals surface area contributed by atoms with Crippen LogP contribution in [0.5, 0.6) is 0 Å². The Bertz CT molecular complexity index is 1120. The SMILES string of the molecule is CC(=O)c1ccc(NC(=O)COC(=O)[C@H]2CC(=O)N(NC(=O)c3ccc(Cl)c(Cl)c3)C2)cc1. The van der Waals surface area contributed by atoms with E-state index in [4.69, 9.17) is 27.9 Å². The standard InChI is InChI=1S/C22H19Cl2N3O6/c1-12(28)13-2-5-16(6-3-13)25-19(29)11-33-22(32)15-9-20(30)27(10-15)26-21(31)14-4-7-17(23)18(24)8-14/h2-8,15H,9-11H2,1H3,(H,25,29)(H,26,31)/t15-/m0/s1. The third-order valence-corrected chi connectivity index (χ3v) is 5.54. The van der Waals surface area contributed by atoms with Crippen LogP contribution in [0.4, 0.5) is 5.69 Å². The number of esters is 1. The molecule has 2 aromatic rings. The average molecular weight is 492 g/mol. The highest BCUT2D eigenvalue weighted by Crippen LogP contribution is 2.23. The van der Waals surface area contributed by atoms with Crippen molar-refractivity contribution in [2.75, 3.05) is 18.5 Å². The van der Waals surface area contributed by atoms with Crippen molar-refractivity contribution in [3.8, 4) is 0 Å². The van der Waals surface area contributed by atoms with E-state index in [1.807, 2.05) is 0 Å². The van der Waals surface area contributed by atoms with Crippen LogP contribution < -0.4 is 10.7 Å². The summed E-state index contributed by atoms with van der Waals surface area (Å²) in [7, 11) is 0. The number of anilines is 1. The number of halogens is 2. The maximum Gasteiger partial charge on any atom is 0.311 e. The van der Waals surface area contributed by atoms with E-state index >= 15 is 0 Å². The number of hydrogen-bond acceptors (Lipinski definition) is 6. The molecule has 0 aliphatic carbocycles. The number of rotatable bonds is 7. The molecule has 1 atom stereocenters. The lowest BCUT2D eigenvalue weighted by atomic mass is 10.1. The zero-order valence-electron chi connectivity index (χ0n) is 17.4. The lowest BCUT2D eigenvalue weighted by molar-refractivity contribution is -0.151. The van der Waals surface area contributed by atoms with Gasteiger partial charge in [0.05, 0.1) is 22.5 Å². The van der Waals surface area contributed by atoms with Crippen LogP contribution in [-0.2, 0) is 19.1 Å². The second kappa shape index (κ2) is 10.5. The molecule has 9 nitrogen and oxygen atoms in total. The molecule has 1 saturated heterocycles. The largest absolute Gasteiger partial charge is 0.455 e. The fourth-order valence-corrected chi connectivity index (χ4v) is 3.34. The van der Waals surface area contributed by atoms with Gasteiger partial charge in [0, 0.05) is 23.2 Å². The van der Waals surface area contributed by atoms with Crippen LogP contribution in [-0.4, -0.2) is 47.6 Å². The number of nitrogens with zero attached hydrogens (tertiary/aromatic N) is 1. The Morgan fingerprint density at radius 2 is 1.70 bits per heavy atom. The molecule has 1 aliphatic heterocycles. The number of ether oxygens (including phenoxy) is 1. The van der Waals surface area contributed by atoms with Gasteiger partial charge in [0.15, 0.2) is 12.4 Å². The number of ketones is 1. The molecule has 11 heteroatoms. The second-order valence-electron chi connectivity index (χ2n) is 7.26. The number of carbonyl (C=O) groups excluding carboxylic acids is 5. The van der Waals surface area contributed by atoms with Gasteiger partial charge in [-0.3, -0.25) is 34.4 Å². The molecule has 3 rings (SSSR count). The molecule has 1 heterocycles. The minimum Gasteiger partial charge on any atom is -0.455 e. The number of carbonyl (C=O) groups is 5. The molecule has 0 unspecified atom stereocenters. The molecule has 0 aromatic heterocycles. The lowest BCUT2D eigenvalue weighted by Gasteiger charge is -2.17. The fourth-order valence-electron chi connectivity index (χ4n) is 3.04. The van der Waals surface area contributed by atoms with Crippen LogP contribution in [0.15, 0.2) is 42.5 Å². The quantitative estimate of drug-likeness (QED) is 0.453. The Labute approximate surface area is 198 Å². The highest BCUT2D eigenvalue weighted by Gasteiger charge is 2.36. The van der Waals surface area contributed by atoms with E-state index in [1.54, 1.807) is 24.3 Å². The minimum absolute atomic E-state index is 0.0984. The zero-order chi connectivity index (χ0) is 24.1. The average Bonchev–Trinajstić information content (AvgIpc) is 3.14. The fraction of sp³-hybridized carbons (Fsp3) is 0.227. The van der Waals surface area contributed by atoms with Crippen molar-refractivity contribution >= 4 is 58.4 Å². The van der Waals surface area contributed by atoms with Crippen LogP contribution in [0.25, 0.3) is 0 Å². The van der Waals surface area contributed by atoms with Gasteiger partial charge in [0.1, 0.15) is 0 Å². The first-order valence-electron chi connectivity index (χ1n) is 9.78. The third-order valence-electron chi connectivity index (χ3n) is 4.80. The number of hydrogen-bond donors (Lipinski definition) is 2. The van der Waals surface area contributed by atoms with Crippen molar-refractivity contribution in [1.82, 2.24) is 10.4 Å². The third kappa shape index (κ3) is 6.30. The summed E-state index contributed by atoms with van der Waals surface area (Å²) in [6, 6.07) is 10.5. The Morgan fingerprint density at radius 3 is 2.33 bits per heavy atom. The molecule has 0 spiro atoms. The van der Waals surface area contributed by atoms with Crippen molar-refractivity contribution in [3.63, 3.8) is 0 Å². The van der Waals surface area contributed by atoms with E-state index in [9.17, 15) is 24.0 Å². The summed E-state index contributed by atoms with van der Waals surface area (Å²) in [6.45, 7) is 0.785. The normalized spacial score (nSPS) is 15.2. The molecule has 2 N–H and O–H groups in total. The minimum atomic E-state index is -0.839.